The summed E-state index contributed by atoms with van der Waals surface area (Å²) in [5, 5.41) is 20.2. The predicted octanol–water partition coefficient (Wildman–Crippen LogP) is 1.04. The minimum absolute atomic E-state index is 0.529. The van der Waals surface area contributed by atoms with E-state index in [1.54, 1.807) is 6.20 Å². The van der Waals surface area contributed by atoms with Crippen LogP contribution in [-0.4, -0.2) is 30.0 Å². The highest BCUT2D eigenvalue weighted by Crippen LogP contribution is 2.40. The molecule has 0 aromatic carbocycles. The lowest BCUT2D eigenvalue weighted by Crippen LogP contribution is -1.94. The fourth-order valence-electron chi connectivity index (χ4n) is 1.80. The van der Waals surface area contributed by atoms with Gasteiger partial charge in [0.1, 0.15) is 5.82 Å². The zero-order valence-electron chi connectivity index (χ0n) is 8.79. The third kappa shape index (κ3) is 1.27. The van der Waals surface area contributed by atoms with Crippen LogP contribution in [0.5, 0.6) is 0 Å². The molecule has 3 aromatic heterocycles. The molecule has 86 valence electrons. The van der Waals surface area contributed by atoms with Gasteiger partial charge in [-0.2, -0.15) is 14.7 Å². The van der Waals surface area contributed by atoms with E-state index >= 15 is 0 Å². The average Bonchev–Trinajstić information content (AvgIpc) is 2.75. The molecule has 0 unspecified atom stereocenters. The molecule has 0 saturated heterocycles. The Balaban J connectivity index is 1.90. The van der Waals surface area contributed by atoms with Crippen LogP contribution in [-0.2, 0) is 0 Å². The number of aromatic nitrogens is 6. The summed E-state index contributed by atoms with van der Waals surface area (Å²) < 4.78 is 1.82. The molecule has 8 heteroatoms. The summed E-state index contributed by atoms with van der Waals surface area (Å²) in [6, 6.07) is 0. The number of aromatic amines is 1. The van der Waals surface area contributed by atoms with E-state index in [-0.39, 0.29) is 0 Å². The third-order valence-electron chi connectivity index (χ3n) is 2.86. The summed E-state index contributed by atoms with van der Waals surface area (Å²) in [4.78, 5) is 0.808. The van der Waals surface area contributed by atoms with Gasteiger partial charge in [-0.25, -0.2) is 0 Å². The average molecular weight is 247 g/mol. The standard InChI is InChI=1S/C9H9N7S/c10-6-5(3-11-12-6)8-15-16-7(4-1-2-4)13-14-9(16)17-8/h3-4H,1-2H2,(H3,10,11,12). The van der Waals surface area contributed by atoms with Crippen molar-refractivity contribution in [1.29, 1.82) is 0 Å². The van der Waals surface area contributed by atoms with E-state index in [4.69, 9.17) is 5.73 Å². The van der Waals surface area contributed by atoms with Crippen LogP contribution in [0.2, 0.25) is 0 Å². The second-order valence-corrected chi connectivity index (χ2v) is 5.09. The fraction of sp³-hybridized carbons (Fsp3) is 0.333. The van der Waals surface area contributed by atoms with Crippen LogP contribution >= 0.6 is 11.3 Å². The van der Waals surface area contributed by atoms with E-state index in [0.29, 0.717) is 11.7 Å². The number of nitrogens with one attached hydrogen (secondary N) is 1. The first kappa shape index (κ1) is 9.11. The van der Waals surface area contributed by atoms with Crippen molar-refractivity contribution >= 4 is 22.1 Å². The summed E-state index contributed by atoms with van der Waals surface area (Å²) in [7, 11) is 0. The Morgan fingerprint density at radius 2 is 2.29 bits per heavy atom. The number of hydrogen-bond acceptors (Lipinski definition) is 6. The van der Waals surface area contributed by atoms with Gasteiger partial charge in [-0.1, -0.05) is 11.3 Å². The van der Waals surface area contributed by atoms with Crippen molar-refractivity contribution in [2.45, 2.75) is 18.8 Å². The Bertz CT molecular complexity index is 689. The molecular formula is C9H9N7S. The Kier molecular flexibility index (Phi) is 1.63. The number of fused-ring (bicyclic) bond motifs is 1. The Hall–Kier alpha value is -1.96. The zero-order chi connectivity index (χ0) is 11.4. The molecule has 1 saturated carbocycles. The second kappa shape index (κ2) is 3.04. The molecule has 3 aromatic rings. The smallest absolute Gasteiger partial charge is 0.234 e. The molecule has 4 rings (SSSR count). The molecule has 0 atom stereocenters. The highest BCUT2D eigenvalue weighted by molar-refractivity contribution is 7.19. The van der Waals surface area contributed by atoms with E-state index in [2.05, 4.69) is 25.5 Å². The highest BCUT2D eigenvalue weighted by Gasteiger charge is 2.30. The van der Waals surface area contributed by atoms with Crippen LogP contribution in [0.15, 0.2) is 6.20 Å². The molecule has 17 heavy (non-hydrogen) atoms. The van der Waals surface area contributed by atoms with Crippen molar-refractivity contribution in [3.8, 4) is 10.6 Å². The van der Waals surface area contributed by atoms with Gasteiger partial charge < -0.3 is 5.73 Å². The van der Waals surface area contributed by atoms with Crippen LogP contribution < -0.4 is 5.73 Å². The topological polar surface area (TPSA) is 97.8 Å². The first-order chi connectivity index (χ1) is 8.33. The Morgan fingerprint density at radius 1 is 1.41 bits per heavy atom. The van der Waals surface area contributed by atoms with Crippen molar-refractivity contribution in [3.05, 3.63) is 12.0 Å². The minimum Gasteiger partial charge on any atom is -0.383 e. The third-order valence-corrected chi connectivity index (χ3v) is 3.79. The van der Waals surface area contributed by atoms with Crippen LogP contribution in [0.25, 0.3) is 15.5 Å². The van der Waals surface area contributed by atoms with Crippen molar-refractivity contribution < 1.29 is 0 Å². The first-order valence-corrected chi connectivity index (χ1v) is 6.16. The second-order valence-electron chi connectivity index (χ2n) is 4.13. The lowest BCUT2D eigenvalue weighted by molar-refractivity contribution is 0.828. The van der Waals surface area contributed by atoms with Gasteiger partial charge in [0.15, 0.2) is 10.8 Å². The number of nitrogens with zero attached hydrogens (tertiary/aromatic N) is 5. The maximum Gasteiger partial charge on any atom is 0.234 e. The Morgan fingerprint density at radius 3 is 3.00 bits per heavy atom. The van der Waals surface area contributed by atoms with E-state index < -0.39 is 0 Å². The van der Waals surface area contributed by atoms with Crippen molar-refractivity contribution in [2.75, 3.05) is 5.73 Å². The monoisotopic (exact) mass is 247 g/mol. The van der Waals surface area contributed by atoms with Gasteiger partial charge in [-0.3, -0.25) is 5.10 Å². The molecule has 3 heterocycles. The molecule has 0 aliphatic heterocycles. The van der Waals surface area contributed by atoms with Gasteiger partial charge in [0.25, 0.3) is 0 Å². The molecule has 1 aliphatic carbocycles. The normalized spacial score (nSPS) is 15.8. The number of hydrogen-bond donors (Lipinski definition) is 2. The van der Waals surface area contributed by atoms with Crippen LogP contribution in [0, 0.1) is 0 Å². The van der Waals surface area contributed by atoms with E-state index in [0.717, 1.165) is 21.4 Å². The van der Waals surface area contributed by atoms with Gasteiger partial charge in [0.05, 0.1) is 11.8 Å². The number of H-pyrrole nitrogens is 1. The van der Waals surface area contributed by atoms with Crippen LogP contribution in [0.1, 0.15) is 24.6 Å². The van der Waals surface area contributed by atoms with Crippen molar-refractivity contribution in [3.63, 3.8) is 0 Å². The molecule has 1 aliphatic rings. The maximum atomic E-state index is 5.78. The van der Waals surface area contributed by atoms with Gasteiger partial charge in [0.2, 0.25) is 4.96 Å². The lowest BCUT2D eigenvalue weighted by atomic mass is 10.3. The molecule has 0 radical (unpaired) electrons. The molecule has 3 N–H and O–H groups in total. The summed E-state index contributed by atoms with van der Waals surface area (Å²) in [6.07, 6.45) is 4.04. The fourth-order valence-corrected chi connectivity index (χ4v) is 2.67. The number of anilines is 1. The highest BCUT2D eigenvalue weighted by atomic mass is 32.1. The molecule has 1 fully saturated rings. The zero-order valence-corrected chi connectivity index (χ0v) is 9.61. The summed E-state index contributed by atoms with van der Waals surface area (Å²) >= 11 is 1.47. The van der Waals surface area contributed by atoms with Gasteiger partial charge >= 0.3 is 0 Å². The quantitative estimate of drug-likeness (QED) is 0.705. The van der Waals surface area contributed by atoms with Crippen molar-refractivity contribution in [1.82, 2.24) is 30.0 Å². The number of nitrogens with two attached hydrogens (primary N) is 1. The molecule has 0 bridgehead atoms. The Labute approximate surface area is 99.7 Å². The first-order valence-electron chi connectivity index (χ1n) is 5.34. The van der Waals surface area contributed by atoms with Gasteiger partial charge in [0, 0.05) is 5.92 Å². The largest absolute Gasteiger partial charge is 0.383 e. The lowest BCUT2D eigenvalue weighted by Gasteiger charge is -1.91. The van der Waals surface area contributed by atoms with E-state index in [1.165, 1.54) is 24.2 Å². The SMILES string of the molecule is Nc1[nH]ncc1-c1nn2c(C3CC3)nnc2s1. The molecule has 0 spiro atoms. The molecular weight excluding hydrogens is 238 g/mol. The molecule has 7 nitrogen and oxygen atoms in total. The summed E-state index contributed by atoms with van der Waals surface area (Å²) in [5.41, 5.74) is 6.60. The summed E-state index contributed by atoms with van der Waals surface area (Å²) in [6.45, 7) is 0. The van der Waals surface area contributed by atoms with Gasteiger partial charge in [-0.05, 0) is 12.8 Å². The van der Waals surface area contributed by atoms with E-state index in [9.17, 15) is 0 Å². The predicted molar refractivity (Wildman–Crippen MR) is 62.6 cm³/mol. The molecule has 0 amide bonds. The number of rotatable bonds is 2. The maximum absolute atomic E-state index is 5.78. The number of nitrogen functional groups attached to an aromatic ring is 1. The van der Waals surface area contributed by atoms with Gasteiger partial charge in [-0.15, -0.1) is 10.2 Å². The minimum atomic E-state index is 0.529. The summed E-state index contributed by atoms with van der Waals surface area (Å²) in [5.74, 6) is 2.02. The van der Waals surface area contributed by atoms with Crippen LogP contribution in [0.3, 0.4) is 0 Å². The van der Waals surface area contributed by atoms with Crippen LogP contribution in [0.4, 0.5) is 5.82 Å². The van der Waals surface area contributed by atoms with Crippen molar-refractivity contribution in [2.24, 2.45) is 0 Å². The van der Waals surface area contributed by atoms with E-state index in [1.807, 2.05) is 4.52 Å².